The Hall–Kier alpha value is -1.25. The maximum atomic E-state index is 11.3. The lowest BCUT2D eigenvalue weighted by Gasteiger charge is -2.49. The lowest BCUT2D eigenvalue weighted by atomic mass is 9.95. The molecule has 0 aliphatic carbocycles. The standard InChI is InChI=1S/C26H43NO19/c1-6-12(31)16(35)18(37)24(39-6)46-22-17(36)13(32)8(3-28)42-26(22)45-21-14(33)9(4-29)41-25(19(21)38)44-20-10(5-30)43-23-11(15(20)34)27-7(2)40-23/h6,8-26,28-38H,3-5H2,1-2H3/t6-,8-,9?,10?,11?,12+,13+,14+,15+,16?,17?,18?,19?,20+,21-,22?,23-,24+,25-,26+/m0/s1. The molecule has 5 rings (SSSR count). The van der Waals surface area contributed by atoms with E-state index in [1.165, 1.54) is 13.8 Å². The zero-order chi connectivity index (χ0) is 33.6. The summed E-state index contributed by atoms with van der Waals surface area (Å²) in [6.45, 7) is 0.612. The number of ether oxygens (including phenoxy) is 8. The van der Waals surface area contributed by atoms with E-state index in [-0.39, 0.29) is 5.90 Å². The van der Waals surface area contributed by atoms with Crippen molar-refractivity contribution in [2.24, 2.45) is 4.99 Å². The Balaban J connectivity index is 1.37. The molecule has 5 aliphatic rings. The van der Waals surface area contributed by atoms with Gasteiger partial charge in [0.15, 0.2) is 24.8 Å². The zero-order valence-corrected chi connectivity index (χ0v) is 24.8. The molecule has 0 spiro atoms. The molecule has 0 saturated carbocycles. The van der Waals surface area contributed by atoms with E-state index in [1.54, 1.807) is 0 Å². The largest absolute Gasteiger partial charge is 0.450 e. The van der Waals surface area contributed by atoms with E-state index in [4.69, 9.17) is 37.9 Å². The molecule has 5 heterocycles. The van der Waals surface area contributed by atoms with Gasteiger partial charge in [-0.2, -0.15) is 0 Å². The molecule has 0 amide bonds. The monoisotopic (exact) mass is 673 g/mol. The fourth-order valence-corrected chi connectivity index (χ4v) is 6.09. The van der Waals surface area contributed by atoms with E-state index in [2.05, 4.69) is 4.99 Å². The number of hydrogen-bond donors (Lipinski definition) is 11. The van der Waals surface area contributed by atoms with Crippen LogP contribution in [0.4, 0.5) is 0 Å². The molecule has 0 radical (unpaired) electrons. The van der Waals surface area contributed by atoms with Crippen molar-refractivity contribution in [1.82, 2.24) is 0 Å². The highest BCUT2D eigenvalue weighted by Gasteiger charge is 2.56. The highest BCUT2D eigenvalue weighted by atomic mass is 16.8. The average molecular weight is 674 g/mol. The Labute approximate surface area is 261 Å². The third kappa shape index (κ3) is 6.79. The molecule has 0 aromatic rings. The van der Waals surface area contributed by atoms with Crippen LogP contribution in [-0.2, 0) is 37.9 Å². The second-order valence-electron chi connectivity index (χ2n) is 11.9. The molecule has 8 unspecified atom stereocenters. The van der Waals surface area contributed by atoms with Gasteiger partial charge in [-0.15, -0.1) is 0 Å². The third-order valence-electron chi connectivity index (χ3n) is 8.77. The molecule has 4 saturated heterocycles. The van der Waals surface area contributed by atoms with Crippen LogP contribution in [0.3, 0.4) is 0 Å². The fourth-order valence-electron chi connectivity index (χ4n) is 6.09. The predicted molar refractivity (Wildman–Crippen MR) is 142 cm³/mol. The molecule has 0 bridgehead atoms. The van der Waals surface area contributed by atoms with E-state index in [0.717, 1.165) is 0 Å². The summed E-state index contributed by atoms with van der Waals surface area (Å²) in [5.41, 5.74) is 0. The van der Waals surface area contributed by atoms with Crippen LogP contribution in [0.25, 0.3) is 0 Å². The van der Waals surface area contributed by atoms with Crippen LogP contribution in [0, 0.1) is 0 Å². The van der Waals surface area contributed by atoms with Crippen molar-refractivity contribution >= 4 is 5.90 Å². The number of hydrogen-bond acceptors (Lipinski definition) is 20. The molecule has 11 N–H and O–H groups in total. The minimum atomic E-state index is -1.93. The molecule has 20 heteroatoms. The highest BCUT2D eigenvalue weighted by Crippen LogP contribution is 2.36. The van der Waals surface area contributed by atoms with Crippen LogP contribution in [0.1, 0.15) is 13.8 Å². The van der Waals surface area contributed by atoms with E-state index in [0.29, 0.717) is 0 Å². The van der Waals surface area contributed by atoms with Gasteiger partial charge in [-0.25, -0.2) is 4.99 Å². The summed E-state index contributed by atoms with van der Waals surface area (Å²) in [4.78, 5) is 4.16. The number of fused-ring (bicyclic) bond motifs is 1. The van der Waals surface area contributed by atoms with E-state index < -0.39 is 143 Å². The van der Waals surface area contributed by atoms with Crippen molar-refractivity contribution in [3.8, 4) is 0 Å². The summed E-state index contributed by atoms with van der Waals surface area (Å²) >= 11 is 0. The van der Waals surface area contributed by atoms with Crippen LogP contribution in [0.15, 0.2) is 4.99 Å². The first kappa shape index (κ1) is 36.0. The van der Waals surface area contributed by atoms with Crippen molar-refractivity contribution in [1.29, 1.82) is 0 Å². The van der Waals surface area contributed by atoms with E-state index in [9.17, 15) is 56.2 Å². The quantitative estimate of drug-likeness (QED) is 0.108. The Morgan fingerprint density at radius 3 is 1.76 bits per heavy atom. The van der Waals surface area contributed by atoms with Crippen LogP contribution in [0.5, 0.6) is 0 Å². The van der Waals surface area contributed by atoms with Crippen molar-refractivity contribution in [3.63, 3.8) is 0 Å². The van der Waals surface area contributed by atoms with Gasteiger partial charge in [0.2, 0.25) is 6.29 Å². The number of rotatable bonds is 9. The smallest absolute Gasteiger partial charge is 0.227 e. The molecule has 5 aliphatic heterocycles. The van der Waals surface area contributed by atoms with Gasteiger partial charge < -0.3 is 94.1 Å². The van der Waals surface area contributed by atoms with Crippen molar-refractivity contribution in [2.45, 2.75) is 137 Å². The minimum absolute atomic E-state index is 0.223. The van der Waals surface area contributed by atoms with Crippen molar-refractivity contribution in [3.05, 3.63) is 0 Å². The third-order valence-corrected chi connectivity index (χ3v) is 8.77. The van der Waals surface area contributed by atoms with E-state index >= 15 is 0 Å². The Morgan fingerprint density at radius 1 is 0.543 bits per heavy atom. The number of aliphatic hydroxyl groups excluding tert-OH is 11. The summed E-state index contributed by atoms with van der Waals surface area (Å²) in [5.74, 6) is 0.223. The SMILES string of the molecule is CC1=NC2[C@@H](O1)OC(CO)[C@@H](O[C@@H]1OC(CO)[C@@H](O)[C@H](O[C@H]3O[C@@H](CO)[C@@H](O)C(O)C3O[C@H]3O[C@@H](C)[C@@H](O)C(O)C3O)C1O)[C@@H]2O. The van der Waals surface area contributed by atoms with Crippen LogP contribution < -0.4 is 0 Å². The molecule has 20 atom stereocenters. The average Bonchev–Trinajstić information content (AvgIpc) is 3.42. The van der Waals surface area contributed by atoms with Crippen LogP contribution >= 0.6 is 0 Å². The molecule has 20 nitrogen and oxygen atoms in total. The first-order chi connectivity index (χ1) is 21.8. The Kier molecular flexibility index (Phi) is 11.5. The summed E-state index contributed by atoms with van der Waals surface area (Å²) in [7, 11) is 0. The van der Waals surface area contributed by atoms with Gasteiger partial charge in [-0.1, -0.05) is 0 Å². The Morgan fingerprint density at radius 2 is 1.11 bits per heavy atom. The summed E-state index contributed by atoms with van der Waals surface area (Å²) in [6.07, 6.45) is -30.3. The summed E-state index contributed by atoms with van der Waals surface area (Å²) in [5, 5.41) is 115. The van der Waals surface area contributed by atoms with Crippen LogP contribution in [0.2, 0.25) is 0 Å². The lowest BCUT2D eigenvalue weighted by Crippen LogP contribution is -2.67. The molecule has 4 fully saturated rings. The topological polar surface area (TPSA) is 309 Å². The van der Waals surface area contributed by atoms with Crippen molar-refractivity contribution in [2.75, 3.05) is 19.8 Å². The Bertz CT molecular complexity index is 1040. The maximum absolute atomic E-state index is 11.3. The zero-order valence-electron chi connectivity index (χ0n) is 24.8. The van der Waals surface area contributed by atoms with Gasteiger partial charge in [0.25, 0.3) is 0 Å². The fraction of sp³-hybridized carbons (Fsp3) is 0.962. The van der Waals surface area contributed by atoms with Gasteiger partial charge in [-0.3, -0.25) is 0 Å². The van der Waals surface area contributed by atoms with Crippen molar-refractivity contribution < 1.29 is 94.1 Å². The molecule has 46 heavy (non-hydrogen) atoms. The normalized spacial score (nSPS) is 52.9. The minimum Gasteiger partial charge on any atom is -0.450 e. The number of nitrogens with zero attached hydrogens (tertiary/aromatic N) is 1. The second-order valence-corrected chi connectivity index (χ2v) is 11.9. The van der Waals surface area contributed by atoms with Crippen LogP contribution in [-0.4, -0.2) is 205 Å². The maximum Gasteiger partial charge on any atom is 0.227 e. The molecule has 0 aromatic heterocycles. The molecule has 0 aromatic carbocycles. The molecular weight excluding hydrogens is 630 g/mol. The second kappa shape index (κ2) is 14.7. The molecule has 266 valence electrons. The molecular formula is C26H43NO19. The first-order valence-corrected chi connectivity index (χ1v) is 14.9. The summed E-state index contributed by atoms with van der Waals surface area (Å²) in [6, 6.07) is -0.948. The van der Waals surface area contributed by atoms with Gasteiger partial charge in [0, 0.05) is 6.92 Å². The number of aliphatic imine (C=N–C) groups is 1. The van der Waals surface area contributed by atoms with Gasteiger partial charge >= 0.3 is 0 Å². The number of aliphatic hydroxyl groups is 11. The van der Waals surface area contributed by atoms with E-state index in [1.807, 2.05) is 0 Å². The highest BCUT2D eigenvalue weighted by molar-refractivity contribution is 5.75. The predicted octanol–water partition coefficient (Wildman–Crippen LogP) is -7.26. The first-order valence-electron chi connectivity index (χ1n) is 14.9. The lowest BCUT2D eigenvalue weighted by molar-refractivity contribution is -0.393. The summed E-state index contributed by atoms with van der Waals surface area (Å²) < 4.78 is 45.0. The van der Waals surface area contributed by atoms with Gasteiger partial charge in [0.05, 0.1) is 25.9 Å². The van der Waals surface area contributed by atoms with Gasteiger partial charge in [0.1, 0.15) is 91.5 Å². The van der Waals surface area contributed by atoms with Gasteiger partial charge in [-0.05, 0) is 6.92 Å².